The maximum Gasteiger partial charge on any atom is 0.165 e. The van der Waals surface area contributed by atoms with Gasteiger partial charge in [-0.15, -0.1) is 0 Å². The molecule has 0 amide bonds. The van der Waals surface area contributed by atoms with Crippen molar-refractivity contribution in [1.82, 2.24) is 24.5 Å². The largest absolute Gasteiger partial charge is 0.484 e. The van der Waals surface area contributed by atoms with E-state index in [1.165, 1.54) is 10.9 Å². The van der Waals surface area contributed by atoms with Gasteiger partial charge in [0.2, 0.25) is 0 Å². The Kier molecular flexibility index (Phi) is 6.52. The monoisotopic (exact) mass is 643 g/mol. The summed E-state index contributed by atoms with van der Waals surface area (Å²) in [6.07, 6.45) is 7.91. The van der Waals surface area contributed by atoms with Crippen LogP contribution in [-0.2, 0) is 0 Å². The Morgan fingerprint density at radius 3 is 2.10 bits per heavy atom. The molecule has 6 heteroatoms. The number of aromatic nitrogens is 5. The van der Waals surface area contributed by atoms with Gasteiger partial charge in [-0.1, -0.05) is 103 Å². The van der Waals surface area contributed by atoms with E-state index >= 15 is 0 Å². The number of hydrogen-bond donors (Lipinski definition) is 0. The predicted octanol–water partition coefficient (Wildman–Crippen LogP) is 10.1. The first kappa shape index (κ1) is 28.4. The number of hydrogen-bond acceptors (Lipinski definition) is 5. The molecule has 50 heavy (non-hydrogen) atoms. The second-order valence-electron chi connectivity index (χ2n) is 12.6. The van der Waals surface area contributed by atoms with Crippen LogP contribution in [0.15, 0.2) is 158 Å². The Balaban J connectivity index is 1.13. The molecule has 6 nitrogen and oxygen atoms in total. The molecular formula is C44H29N5O. The Morgan fingerprint density at radius 2 is 1.26 bits per heavy atom. The van der Waals surface area contributed by atoms with Crippen LogP contribution in [0.4, 0.5) is 0 Å². The number of pyridine rings is 1. The molecule has 0 bridgehead atoms. The highest BCUT2D eigenvalue weighted by Gasteiger charge is 2.42. The molecule has 5 aromatic carbocycles. The zero-order valence-corrected chi connectivity index (χ0v) is 26.9. The van der Waals surface area contributed by atoms with Gasteiger partial charge in [0, 0.05) is 57.2 Å². The molecular weight excluding hydrogens is 615 g/mol. The smallest absolute Gasteiger partial charge is 0.165 e. The average molecular weight is 644 g/mol. The number of benzene rings is 5. The summed E-state index contributed by atoms with van der Waals surface area (Å²) in [5.41, 5.74) is 10.6. The van der Waals surface area contributed by atoms with E-state index in [0.29, 0.717) is 17.5 Å². The van der Waals surface area contributed by atoms with Crippen molar-refractivity contribution in [3.05, 3.63) is 175 Å². The quantitative estimate of drug-likeness (QED) is 0.187. The van der Waals surface area contributed by atoms with E-state index in [1.807, 2.05) is 24.3 Å². The van der Waals surface area contributed by atoms with Crippen LogP contribution in [0.25, 0.3) is 68.0 Å². The second-order valence-corrected chi connectivity index (χ2v) is 12.6. The molecule has 0 spiro atoms. The molecule has 2 aliphatic rings. The topological polar surface area (TPSA) is 65.7 Å². The molecule has 8 aromatic rings. The van der Waals surface area contributed by atoms with Crippen molar-refractivity contribution >= 4 is 17.0 Å². The summed E-state index contributed by atoms with van der Waals surface area (Å²) < 4.78 is 9.25. The van der Waals surface area contributed by atoms with Crippen LogP contribution in [0.2, 0.25) is 0 Å². The van der Waals surface area contributed by atoms with Gasteiger partial charge in [-0.3, -0.25) is 4.98 Å². The molecule has 4 heterocycles. The van der Waals surface area contributed by atoms with Crippen molar-refractivity contribution in [3.8, 4) is 56.7 Å². The van der Waals surface area contributed by atoms with Gasteiger partial charge in [0.25, 0.3) is 0 Å². The van der Waals surface area contributed by atoms with E-state index in [4.69, 9.17) is 19.7 Å². The highest BCUT2D eigenvalue weighted by Crippen LogP contribution is 2.55. The van der Waals surface area contributed by atoms with E-state index in [0.717, 1.165) is 56.0 Å². The fourth-order valence-electron chi connectivity index (χ4n) is 7.50. The van der Waals surface area contributed by atoms with E-state index in [-0.39, 0.29) is 12.0 Å². The summed E-state index contributed by atoms with van der Waals surface area (Å²) in [5.74, 6) is 2.61. The van der Waals surface area contributed by atoms with Gasteiger partial charge < -0.3 is 9.30 Å². The first-order valence-corrected chi connectivity index (χ1v) is 16.8. The Hall–Kier alpha value is -6.66. The molecule has 0 radical (unpaired) electrons. The van der Waals surface area contributed by atoms with Crippen LogP contribution < -0.4 is 4.74 Å². The van der Waals surface area contributed by atoms with E-state index in [1.54, 1.807) is 12.4 Å². The average Bonchev–Trinajstić information content (AvgIpc) is 3.75. The fourth-order valence-corrected chi connectivity index (χ4v) is 7.50. The first-order chi connectivity index (χ1) is 24.8. The van der Waals surface area contributed by atoms with Crippen molar-refractivity contribution in [2.24, 2.45) is 0 Å². The summed E-state index contributed by atoms with van der Waals surface area (Å²) in [6.45, 7) is 0. The van der Waals surface area contributed by atoms with Crippen molar-refractivity contribution in [1.29, 1.82) is 0 Å². The molecule has 236 valence electrons. The third-order valence-corrected chi connectivity index (χ3v) is 9.72. The van der Waals surface area contributed by atoms with Crippen LogP contribution in [0.3, 0.4) is 0 Å². The van der Waals surface area contributed by atoms with Gasteiger partial charge in [0.15, 0.2) is 17.5 Å². The number of rotatable bonds is 5. The van der Waals surface area contributed by atoms with Gasteiger partial charge in [-0.05, 0) is 59.7 Å². The first-order valence-electron chi connectivity index (χ1n) is 16.8. The zero-order valence-electron chi connectivity index (χ0n) is 26.9. The Labute approximate surface area is 289 Å². The molecule has 3 aromatic heterocycles. The van der Waals surface area contributed by atoms with E-state index in [2.05, 4.69) is 137 Å². The molecule has 1 aliphatic carbocycles. The Morgan fingerprint density at radius 1 is 0.560 bits per heavy atom. The van der Waals surface area contributed by atoms with Gasteiger partial charge in [0.1, 0.15) is 11.9 Å². The lowest BCUT2D eigenvalue weighted by atomic mass is 9.83. The molecule has 0 saturated carbocycles. The van der Waals surface area contributed by atoms with Crippen molar-refractivity contribution in [2.75, 3.05) is 0 Å². The van der Waals surface area contributed by atoms with Crippen molar-refractivity contribution < 1.29 is 4.74 Å². The molecule has 10 rings (SSSR count). The molecule has 0 N–H and O–H groups in total. The molecule has 1 aliphatic heterocycles. The van der Waals surface area contributed by atoms with Crippen LogP contribution in [0.5, 0.6) is 5.75 Å². The van der Waals surface area contributed by atoms with Crippen LogP contribution in [0, 0.1) is 0 Å². The van der Waals surface area contributed by atoms with Gasteiger partial charge in [-0.2, -0.15) is 0 Å². The molecule has 0 fully saturated rings. The van der Waals surface area contributed by atoms with E-state index in [9.17, 15) is 0 Å². The minimum absolute atomic E-state index is 0.0211. The highest BCUT2D eigenvalue weighted by molar-refractivity contribution is 5.92. The normalized spacial score (nSPS) is 15.7. The number of nitrogens with zero attached hydrogens (tertiary/aromatic N) is 5. The zero-order chi connectivity index (χ0) is 33.0. The van der Waals surface area contributed by atoms with E-state index < -0.39 is 0 Å². The lowest BCUT2D eigenvalue weighted by molar-refractivity contribution is 0.224. The summed E-state index contributed by atoms with van der Waals surface area (Å²) >= 11 is 0. The minimum Gasteiger partial charge on any atom is -0.484 e. The predicted molar refractivity (Wildman–Crippen MR) is 198 cm³/mol. The lowest BCUT2D eigenvalue weighted by Gasteiger charge is -2.22. The summed E-state index contributed by atoms with van der Waals surface area (Å²) in [7, 11) is 0. The SMILES string of the molecule is C1=CC2c3c(cccc3-c3nc(-c4cccnc4)nc(-c4cccc(-c5ccccc5)c4)n3)OC2c2c1n(-c1ccccc1)c1ccccc21. The van der Waals surface area contributed by atoms with Gasteiger partial charge in [-0.25, -0.2) is 15.0 Å². The van der Waals surface area contributed by atoms with Crippen molar-refractivity contribution in [3.63, 3.8) is 0 Å². The molecule has 2 atom stereocenters. The molecule has 0 saturated heterocycles. The maximum absolute atomic E-state index is 6.91. The van der Waals surface area contributed by atoms with Crippen LogP contribution in [0.1, 0.15) is 28.8 Å². The summed E-state index contributed by atoms with van der Waals surface area (Å²) in [5, 5.41) is 1.19. The van der Waals surface area contributed by atoms with Gasteiger partial charge >= 0.3 is 0 Å². The van der Waals surface area contributed by atoms with Crippen molar-refractivity contribution in [2.45, 2.75) is 12.0 Å². The number of fused-ring (bicyclic) bond motifs is 7. The third kappa shape index (κ3) is 4.57. The van der Waals surface area contributed by atoms with Crippen LogP contribution in [-0.4, -0.2) is 24.5 Å². The second kappa shape index (κ2) is 11.5. The lowest BCUT2D eigenvalue weighted by Crippen LogP contribution is -2.14. The highest BCUT2D eigenvalue weighted by atomic mass is 16.5. The minimum atomic E-state index is -0.192. The fraction of sp³-hybridized carbons (Fsp3) is 0.0455. The molecule has 2 unspecified atom stereocenters. The van der Waals surface area contributed by atoms with Crippen LogP contribution >= 0.6 is 0 Å². The standard InChI is InChI=1S/C44H29N5O/c1-3-12-28(13-4-1)29-14-9-15-30(26-29)42-46-43(31-16-11-25-45-27-31)48-44(47-42)35-20-10-22-38-39(35)34-23-24-37-40(41(34)50-38)33-19-7-8-21-36(33)49(37)32-17-5-2-6-18-32/h1-27,34,41H. The number of para-hydroxylation sites is 2. The third-order valence-electron chi connectivity index (χ3n) is 9.72. The summed E-state index contributed by atoms with van der Waals surface area (Å²) in [6, 6.07) is 48.0. The maximum atomic E-state index is 6.91. The summed E-state index contributed by atoms with van der Waals surface area (Å²) in [4.78, 5) is 19.6. The Bertz CT molecular complexity index is 2580. The number of ether oxygens (including phenoxy) is 1. The van der Waals surface area contributed by atoms with Gasteiger partial charge in [0.05, 0.1) is 11.2 Å².